The van der Waals surface area contributed by atoms with Gasteiger partial charge < -0.3 is 10.6 Å². The van der Waals surface area contributed by atoms with Crippen molar-refractivity contribution in [3.8, 4) is 0 Å². The molecule has 2 aromatic carbocycles. The van der Waals surface area contributed by atoms with Gasteiger partial charge in [-0.25, -0.2) is 0 Å². The smallest absolute Gasteiger partial charge is 0.267 e. The summed E-state index contributed by atoms with van der Waals surface area (Å²) in [5.41, 5.74) is 1.57. The van der Waals surface area contributed by atoms with Crippen LogP contribution in [0.25, 0.3) is 0 Å². The second-order valence-electron chi connectivity index (χ2n) is 5.54. The molecule has 1 heterocycles. The molecule has 3 rings (SSSR count). The highest BCUT2D eigenvalue weighted by Crippen LogP contribution is 2.22. The van der Waals surface area contributed by atoms with Crippen molar-refractivity contribution in [2.45, 2.75) is 0 Å². The largest absolute Gasteiger partial charge is 0.332 e. The maximum Gasteiger partial charge on any atom is 0.267 e. The Morgan fingerprint density at radius 1 is 0.893 bits per heavy atom. The van der Waals surface area contributed by atoms with Crippen molar-refractivity contribution in [2.75, 3.05) is 10.6 Å². The number of carbonyl (C=O) groups excluding carboxylic acids is 2. The average Bonchev–Trinajstić information content (AvgIpc) is 3.18. The van der Waals surface area contributed by atoms with E-state index in [0.717, 1.165) is 0 Å². The molecular weight excluding hydrogens is 437 g/mol. The van der Waals surface area contributed by atoms with E-state index in [1.54, 1.807) is 48.5 Å². The number of halogens is 2. The van der Waals surface area contributed by atoms with E-state index in [0.29, 0.717) is 26.8 Å². The second-order valence-corrected chi connectivity index (χ2v) is 7.74. The van der Waals surface area contributed by atoms with Crippen LogP contribution in [0.15, 0.2) is 60.0 Å². The lowest BCUT2D eigenvalue weighted by Gasteiger charge is -2.10. The van der Waals surface area contributed by atoms with Gasteiger partial charge in [0.2, 0.25) is 0 Å². The third-order valence-corrected chi connectivity index (χ3v) is 5.17. The van der Waals surface area contributed by atoms with E-state index in [1.165, 1.54) is 17.4 Å². The van der Waals surface area contributed by atoms with Crippen molar-refractivity contribution in [1.82, 2.24) is 5.32 Å². The highest BCUT2D eigenvalue weighted by atomic mass is 35.5. The van der Waals surface area contributed by atoms with E-state index in [4.69, 9.17) is 35.4 Å². The lowest BCUT2D eigenvalue weighted by molar-refractivity contribution is 0.0980. The molecule has 5 nitrogen and oxygen atoms in total. The zero-order valence-corrected chi connectivity index (χ0v) is 17.3. The van der Waals surface area contributed by atoms with Crippen LogP contribution in [0.5, 0.6) is 0 Å². The minimum Gasteiger partial charge on any atom is -0.332 e. The zero-order valence-electron chi connectivity index (χ0n) is 14.2. The third kappa shape index (κ3) is 5.30. The molecule has 28 heavy (non-hydrogen) atoms. The summed E-state index contributed by atoms with van der Waals surface area (Å²) >= 11 is 18.4. The molecule has 2 amide bonds. The van der Waals surface area contributed by atoms with E-state index >= 15 is 0 Å². The topological polar surface area (TPSA) is 70.2 Å². The van der Waals surface area contributed by atoms with E-state index in [1.807, 2.05) is 5.38 Å². The van der Waals surface area contributed by atoms with Crippen LogP contribution in [0.3, 0.4) is 0 Å². The first-order chi connectivity index (χ1) is 13.4. The van der Waals surface area contributed by atoms with Gasteiger partial charge in [-0.1, -0.05) is 29.3 Å². The summed E-state index contributed by atoms with van der Waals surface area (Å²) in [6.45, 7) is 0. The van der Waals surface area contributed by atoms with Crippen molar-refractivity contribution in [3.63, 3.8) is 0 Å². The second kappa shape index (κ2) is 9.16. The molecule has 142 valence electrons. The normalized spacial score (nSPS) is 10.2. The molecule has 0 radical (unpaired) electrons. The highest BCUT2D eigenvalue weighted by molar-refractivity contribution is 7.80. The van der Waals surface area contributed by atoms with E-state index in [-0.39, 0.29) is 21.9 Å². The van der Waals surface area contributed by atoms with Crippen LogP contribution in [-0.4, -0.2) is 16.9 Å². The molecule has 0 saturated carbocycles. The first-order valence-corrected chi connectivity index (χ1v) is 9.99. The van der Waals surface area contributed by atoms with Gasteiger partial charge in [-0.15, -0.1) is 11.3 Å². The van der Waals surface area contributed by atoms with E-state index < -0.39 is 0 Å². The molecule has 0 unspecified atom stereocenters. The van der Waals surface area contributed by atoms with Crippen molar-refractivity contribution >= 4 is 75.1 Å². The Morgan fingerprint density at radius 2 is 1.57 bits per heavy atom. The monoisotopic (exact) mass is 449 g/mol. The number of nitrogens with one attached hydrogen (secondary N) is 3. The van der Waals surface area contributed by atoms with Gasteiger partial charge in [-0.05, 0) is 66.1 Å². The molecule has 0 aliphatic rings. The van der Waals surface area contributed by atoms with Gasteiger partial charge in [0.05, 0.1) is 15.5 Å². The summed E-state index contributed by atoms with van der Waals surface area (Å²) in [5.74, 6) is -0.614. The van der Waals surface area contributed by atoms with Gasteiger partial charge in [0, 0.05) is 16.4 Å². The first-order valence-electron chi connectivity index (χ1n) is 7.94. The fourth-order valence-corrected chi connectivity index (χ4v) is 3.57. The number of benzene rings is 2. The molecular formula is C19H13Cl2N3O2S2. The average molecular weight is 450 g/mol. The molecule has 3 aromatic rings. The summed E-state index contributed by atoms with van der Waals surface area (Å²) in [5, 5.41) is 11.0. The lowest BCUT2D eigenvalue weighted by Crippen LogP contribution is -2.33. The van der Waals surface area contributed by atoms with Crippen molar-refractivity contribution in [3.05, 3.63) is 80.5 Å². The lowest BCUT2D eigenvalue weighted by atomic mass is 10.2. The number of thiophene rings is 1. The third-order valence-electron chi connectivity index (χ3n) is 3.55. The van der Waals surface area contributed by atoms with Gasteiger partial charge in [0.25, 0.3) is 11.8 Å². The van der Waals surface area contributed by atoms with Gasteiger partial charge in [0.1, 0.15) is 0 Å². The minimum absolute atomic E-state index is 0.183. The zero-order chi connectivity index (χ0) is 20.1. The van der Waals surface area contributed by atoms with Crippen LogP contribution in [0.2, 0.25) is 10.0 Å². The maximum absolute atomic E-state index is 12.3. The Kier molecular flexibility index (Phi) is 6.64. The van der Waals surface area contributed by atoms with Crippen LogP contribution < -0.4 is 16.0 Å². The molecule has 0 saturated heterocycles. The first kappa shape index (κ1) is 20.3. The van der Waals surface area contributed by atoms with Crippen LogP contribution in [0.1, 0.15) is 20.0 Å². The van der Waals surface area contributed by atoms with Gasteiger partial charge in [0.15, 0.2) is 5.11 Å². The summed E-state index contributed by atoms with van der Waals surface area (Å²) < 4.78 is 0. The van der Waals surface area contributed by atoms with Crippen molar-refractivity contribution in [1.29, 1.82) is 0 Å². The number of carbonyl (C=O) groups is 2. The van der Waals surface area contributed by atoms with Crippen LogP contribution in [-0.2, 0) is 0 Å². The summed E-state index contributed by atoms with van der Waals surface area (Å²) in [6, 6.07) is 15.0. The highest BCUT2D eigenvalue weighted by Gasteiger charge is 2.12. The summed E-state index contributed by atoms with van der Waals surface area (Å²) in [7, 11) is 0. The fourth-order valence-electron chi connectivity index (χ4n) is 2.24. The molecule has 9 heteroatoms. The Balaban J connectivity index is 1.58. The Morgan fingerprint density at radius 3 is 2.18 bits per heavy atom. The predicted molar refractivity (Wildman–Crippen MR) is 119 cm³/mol. The SMILES string of the molecule is O=C(NC(=S)Nc1ccc(NC(=O)c2ccc(Cl)cc2Cl)cc1)c1cccs1. The number of anilines is 2. The van der Waals surface area contributed by atoms with Gasteiger partial charge in [-0.3, -0.25) is 14.9 Å². The summed E-state index contributed by atoms with van der Waals surface area (Å²) in [6.07, 6.45) is 0. The molecule has 0 atom stereocenters. The summed E-state index contributed by atoms with van der Waals surface area (Å²) in [4.78, 5) is 24.9. The van der Waals surface area contributed by atoms with Gasteiger partial charge in [-0.2, -0.15) is 0 Å². The molecule has 3 N–H and O–H groups in total. The fraction of sp³-hybridized carbons (Fsp3) is 0. The molecule has 0 fully saturated rings. The number of amides is 2. The molecule has 1 aromatic heterocycles. The molecule has 0 spiro atoms. The van der Waals surface area contributed by atoms with Gasteiger partial charge >= 0.3 is 0 Å². The Bertz CT molecular complexity index is 1020. The van der Waals surface area contributed by atoms with E-state index in [9.17, 15) is 9.59 Å². The van der Waals surface area contributed by atoms with Crippen LogP contribution >= 0.6 is 46.8 Å². The Hall–Kier alpha value is -2.45. The van der Waals surface area contributed by atoms with E-state index in [2.05, 4.69) is 16.0 Å². The Labute approximate surface area is 180 Å². The number of rotatable bonds is 4. The molecule has 0 bridgehead atoms. The van der Waals surface area contributed by atoms with Crippen molar-refractivity contribution in [2.24, 2.45) is 0 Å². The number of thiocarbonyl (C=S) groups is 1. The standard InChI is InChI=1S/C19H13Cl2N3O2S2/c20-11-3-8-14(15(21)10-11)17(25)22-12-4-6-13(7-5-12)23-19(27)24-18(26)16-2-1-9-28-16/h1-10H,(H,22,25)(H2,23,24,26,27). The van der Waals surface area contributed by atoms with Crippen molar-refractivity contribution < 1.29 is 9.59 Å². The van der Waals surface area contributed by atoms with Crippen LogP contribution in [0, 0.1) is 0 Å². The molecule has 0 aliphatic carbocycles. The molecule has 0 aliphatic heterocycles. The predicted octanol–water partition coefficient (Wildman–Crippen LogP) is 5.43. The number of hydrogen-bond acceptors (Lipinski definition) is 4. The van der Waals surface area contributed by atoms with Crippen LogP contribution in [0.4, 0.5) is 11.4 Å². The maximum atomic E-state index is 12.3. The minimum atomic E-state index is -0.346. The number of hydrogen-bond donors (Lipinski definition) is 3. The quantitative estimate of drug-likeness (QED) is 0.464.